The van der Waals surface area contributed by atoms with Crippen LogP contribution in [0.3, 0.4) is 0 Å². The number of nitrogens with one attached hydrogen (secondary N) is 2. The molecule has 6 nitrogen and oxygen atoms in total. The van der Waals surface area contributed by atoms with Gasteiger partial charge in [-0.05, 0) is 37.0 Å². The van der Waals surface area contributed by atoms with Crippen LogP contribution in [0.15, 0.2) is 30.5 Å². The second kappa shape index (κ2) is 6.59. The molecule has 0 spiro atoms. The van der Waals surface area contributed by atoms with E-state index in [9.17, 15) is 13.6 Å². The van der Waals surface area contributed by atoms with Gasteiger partial charge in [-0.1, -0.05) is 12.1 Å². The predicted molar refractivity (Wildman–Crippen MR) is 91.7 cm³/mol. The normalized spacial score (nSPS) is 21.8. The molecule has 2 atom stereocenters. The van der Waals surface area contributed by atoms with E-state index in [4.69, 9.17) is 4.74 Å². The van der Waals surface area contributed by atoms with Crippen molar-refractivity contribution in [2.24, 2.45) is 0 Å². The second-order valence-corrected chi connectivity index (χ2v) is 6.71. The summed E-state index contributed by atoms with van der Waals surface area (Å²) in [6, 6.07) is 6.04. The van der Waals surface area contributed by atoms with Crippen LogP contribution >= 0.6 is 0 Å². The Labute approximate surface area is 149 Å². The van der Waals surface area contributed by atoms with E-state index >= 15 is 0 Å². The molecule has 1 aromatic heterocycles. The van der Waals surface area contributed by atoms with Crippen molar-refractivity contribution in [2.45, 2.75) is 43.8 Å². The number of ether oxygens (including phenoxy) is 1. The molecule has 1 aliphatic heterocycles. The summed E-state index contributed by atoms with van der Waals surface area (Å²) in [4.78, 5) is 12.4. The van der Waals surface area contributed by atoms with Crippen LogP contribution in [0.4, 0.5) is 14.6 Å². The topological polar surface area (TPSA) is 68.2 Å². The van der Waals surface area contributed by atoms with Crippen molar-refractivity contribution in [2.75, 3.05) is 12.4 Å². The monoisotopic (exact) mass is 362 g/mol. The van der Waals surface area contributed by atoms with Gasteiger partial charge in [0, 0.05) is 6.04 Å². The molecule has 1 fully saturated rings. The van der Waals surface area contributed by atoms with Crippen LogP contribution in [-0.4, -0.2) is 35.3 Å². The molecule has 1 saturated carbocycles. The number of fused-ring (bicyclic) bond motifs is 1. The van der Waals surface area contributed by atoms with Crippen molar-refractivity contribution in [3.8, 4) is 5.75 Å². The summed E-state index contributed by atoms with van der Waals surface area (Å²) in [5.74, 6) is 0.773. The number of halogens is 2. The molecular formula is C18H20F2N4O2. The third-order valence-electron chi connectivity index (χ3n) is 4.86. The number of amides is 1. The van der Waals surface area contributed by atoms with Gasteiger partial charge in [0.1, 0.15) is 23.2 Å². The summed E-state index contributed by atoms with van der Waals surface area (Å²) >= 11 is 0. The van der Waals surface area contributed by atoms with Crippen molar-refractivity contribution >= 4 is 11.7 Å². The highest BCUT2D eigenvalue weighted by Gasteiger charge is 2.37. The maximum absolute atomic E-state index is 13.6. The molecule has 2 aliphatic rings. The van der Waals surface area contributed by atoms with Crippen molar-refractivity contribution in [3.63, 3.8) is 0 Å². The number of carbonyl (C=O) groups is 1. The van der Waals surface area contributed by atoms with Crippen LogP contribution in [-0.2, 0) is 0 Å². The van der Waals surface area contributed by atoms with E-state index in [0.29, 0.717) is 17.1 Å². The Morgan fingerprint density at radius 3 is 2.69 bits per heavy atom. The Morgan fingerprint density at radius 1 is 1.35 bits per heavy atom. The molecule has 0 unspecified atom stereocenters. The molecule has 0 saturated heterocycles. The number of rotatable bonds is 5. The van der Waals surface area contributed by atoms with Gasteiger partial charge >= 0.3 is 0 Å². The Morgan fingerprint density at radius 2 is 2.08 bits per heavy atom. The van der Waals surface area contributed by atoms with Gasteiger partial charge in [-0.3, -0.25) is 4.79 Å². The summed E-state index contributed by atoms with van der Waals surface area (Å²) in [6.07, 6.45) is 0.887. The fourth-order valence-corrected chi connectivity index (χ4v) is 3.25. The molecule has 2 heterocycles. The average molecular weight is 362 g/mol. The van der Waals surface area contributed by atoms with E-state index in [-0.39, 0.29) is 24.4 Å². The third kappa shape index (κ3) is 3.11. The van der Waals surface area contributed by atoms with E-state index in [1.807, 2.05) is 12.1 Å². The van der Waals surface area contributed by atoms with Gasteiger partial charge in [0.25, 0.3) is 12.3 Å². The first-order valence-electron chi connectivity index (χ1n) is 8.64. The van der Waals surface area contributed by atoms with Gasteiger partial charge in [-0.25, -0.2) is 13.5 Å². The number of anilines is 1. The second-order valence-electron chi connectivity index (χ2n) is 6.71. The van der Waals surface area contributed by atoms with Crippen molar-refractivity contribution in [1.82, 2.24) is 15.1 Å². The molecule has 0 bridgehead atoms. The van der Waals surface area contributed by atoms with Crippen molar-refractivity contribution < 1.29 is 18.3 Å². The molecule has 4 rings (SSSR count). The molecule has 0 radical (unpaired) electrons. The molecule has 2 aromatic rings. The van der Waals surface area contributed by atoms with E-state index in [2.05, 4.69) is 15.7 Å². The maximum atomic E-state index is 13.6. The van der Waals surface area contributed by atoms with E-state index in [1.54, 1.807) is 19.2 Å². The number of hydrogen-bond acceptors (Lipinski definition) is 4. The minimum atomic E-state index is -2.57. The average Bonchev–Trinajstić information content (AvgIpc) is 3.35. The molecule has 1 aliphatic carbocycles. The lowest BCUT2D eigenvalue weighted by molar-refractivity contribution is 0.0656. The summed E-state index contributed by atoms with van der Waals surface area (Å²) in [7, 11) is 1.57. The zero-order chi connectivity index (χ0) is 18.3. The number of aromatic nitrogens is 2. The first-order valence-corrected chi connectivity index (χ1v) is 8.64. The Balaban J connectivity index is 1.65. The zero-order valence-electron chi connectivity index (χ0n) is 14.3. The van der Waals surface area contributed by atoms with Gasteiger partial charge in [0.2, 0.25) is 0 Å². The van der Waals surface area contributed by atoms with E-state index < -0.39 is 12.5 Å². The van der Waals surface area contributed by atoms with Gasteiger partial charge in [-0.2, -0.15) is 5.10 Å². The Bertz CT molecular complexity index is 802. The number of benzene rings is 1. The van der Waals surface area contributed by atoms with Crippen molar-refractivity contribution in [3.05, 3.63) is 41.6 Å². The minimum absolute atomic E-state index is 0.183. The van der Waals surface area contributed by atoms with Crippen LogP contribution in [0.5, 0.6) is 5.75 Å². The number of carbonyl (C=O) groups excluding carboxylic acids is 1. The zero-order valence-corrected chi connectivity index (χ0v) is 14.3. The Kier molecular flexibility index (Phi) is 4.26. The molecule has 8 heteroatoms. The highest BCUT2D eigenvalue weighted by Crippen LogP contribution is 2.39. The summed E-state index contributed by atoms with van der Waals surface area (Å²) in [6.45, 7) is 0. The van der Waals surface area contributed by atoms with Crippen LogP contribution in [0.25, 0.3) is 0 Å². The number of alkyl halides is 2. The van der Waals surface area contributed by atoms with E-state index in [0.717, 1.165) is 18.4 Å². The molecule has 1 aromatic carbocycles. The first kappa shape index (κ1) is 16.8. The van der Waals surface area contributed by atoms with Gasteiger partial charge in [0.15, 0.2) is 0 Å². The fourth-order valence-electron chi connectivity index (χ4n) is 3.25. The first-order chi connectivity index (χ1) is 12.6. The molecule has 1 amide bonds. The highest BCUT2D eigenvalue weighted by molar-refractivity contribution is 5.99. The lowest BCUT2D eigenvalue weighted by Crippen LogP contribution is -2.32. The SMILES string of the molecule is COc1ccc([C@@H]2C[C@H](C(F)F)n3ncc(C(=O)NC4CC4)c3N2)cc1. The maximum Gasteiger partial charge on any atom is 0.260 e. The molecule has 138 valence electrons. The van der Waals surface area contributed by atoms with Crippen LogP contribution in [0.2, 0.25) is 0 Å². The molecule has 26 heavy (non-hydrogen) atoms. The fraction of sp³-hybridized carbons (Fsp3) is 0.444. The lowest BCUT2D eigenvalue weighted by Gasteiger charge is -2.32. The van der Waals surface area contributed by atoms with Crippen molar-refractivity contribution in [1.29, 1.82) is 0 Å². The van der Waals surface area contributed by atoms with Crippen LogP contribution in [0, 0.1) is 0 Å². The number of nitrogens with zero attached hydrogens (tertiary/aromatic N) is 2. The highest BCUT2D eigenvalue weighted by atomic mass is 19.3. The van der Waals surface area contributed by atoms with Gasteiger partial charge < -0.3 is 15.4 Å². The summed E-state index contributed by atoms with van der Waals surface area (Å²) in [5, 5.41) is 10.2. The lowest BCUT2D eigenvalue weighted by atomic mass is 9.97. The number of methoxy groups -OCH3 is 1. The predicted octanol–water partition coefficient (Wildman–Crippen LogP) is 3.15. The standard InChI is InChI=1S/C18H20F2N4O2/c1-26-12-6-2-10(3-7-12)14-8-15(16(19)20)24-17(23-14)13(9-21-24)18(25)22-11-4-5-11/h2-3,6-7,9,11,14-16,23H,4-5,8H2,1H3,(H,22,25)/t14-,15+/m0/s1. The number of hydrogen-bond donors (Lipinski definition) is 2. The molecular weight excluding hydrogens is 342 g/mol. The molecule has 2 N–H and O–H groups in total. The van der Waals surface area contributed by atoms with Gasteiger partial charge in [0.05, 0.1) is 19.3 Å². The van der Waals surface area contributed by atoms with Crippen LogP contribution < -0.4 is 15.4 Å². The summed E-state index contributed by atoms with van der Waals surface area (Å²) in [5.41, 5.74) is 1.17. The quantitative estimate of drug-likeness (QED) is 0.857. The minimum Gasteiger partial charge on any atom is -0.497 e. The van der Waals surface area contributed by atoms with Crippen LogP contribution in [0.1, 0.15) is 47.3 Å². The Hall–Kier alpha value is -2.64. The summed E-state index contributed by atoms with van der Waals surface area (Å²) < 4.78 is 33.6. The van der Waals surface area contributed by atoms with E-state index in [1.165, 1.54) is 10.9 Å². The smallest absolute Gasteiger partial charge is 0.260 e. The van der Waals surface area contributed by atoms with Gasteiger partial charge in [-0.15, -0.1) is 0 Å². The largest absolute Gasteiger partial charge is 0.497 e. The third-order valence-corrected chi connectivity index (χ3v) is 4.86.